The van der Waals surface area contributed by atoms with Crippen LogP contribution in [0.2, 0.25) is 0 Å². The normalized spacial score (nSPS) is 12.2. The molecule has 0 saturated heterocycles. The van der Waals surface area contributed by atoms with Gasteiger partial charge >= 0.3 is 0 Å². The molecule has 0 aliphatic heterocycles. The average Bonchev–Trinajstić information content (AvgIpc) is 2.75. The smallest absolute Gasteiger partial charge is 0.269 e. The highest BCUT2D eigenvalue weighted by Gasteiger charge is 2.30. The quantitative estimate of drug-likeness (QED) is 0.630. The molecular formula is C23H25N3O3S. The Morgan fingerprint density at radius 1 is 1.00 bits per heavy atom. The second-order valence-electron chi connectivity index (χ2n) is 7.26. The monoisotopic (exact) mass is 423 g/mol. The number of hydrogen-bond acceptors (Lipinski definition) is 5. The zero-order valence-electron chi connectivity index (χ0n) is 17.2. The third-order valence-electron chi connectivity index (χ3n) is 4.85. The van der Waals surface area contributed by atoms with E-state index in [1.165, 1.54) is 6.20 Å². The molecular weight excluding hydrogens is 398 g/mol. The number of amides is 1. The second-order valence-corrected chi connectivity index (χ2v) is 9.39. The van der Waals surface area contributed by atoms with Crippen LogP contribution in [0.25, 0.3) is 0 Å². The lowest BCUT2D eigenvalue weighted by atomic mass is 10.1. The van der Waals surface area contributed by atoms with Gasteiger partial charge in [-0.05, 0) is 48.9 Å². The molecule has 6 nitrogen and oxygen atoms in total. The van der Waals surface area contributed by atoms with Crippen LogP contribution in [0, 0.1) is 6.92 Å². The number of hydrogen-bond donors (Lipinski definition) is 1. The van der Waals surface area contributed by atoms with E-state index in [9.17, 15) is 13.2 Å². The number of anilines is 1. The highest BCUT2D eigenvalue weighted by Crippen LogP contribution is 2.30. The van der Waals surface area contributed by atoms with Crippen molar-refractivity contribution in [1.29, 1.82) is 0 Å². The lowest BCUT2D eigenvalue weighted by Crippen LogP contribution is -2.32. The first-order chi connectivity index (χ1) is 14.3. The Morgan fingerprint density at radius 3 is 2.23 bits per heavy atom. The lowest BCUT2D eigenvalue weighted by Gasteiger charge is -2.20. The number of pyridine rings is 1. The van der Waals surface area contributed by atoms with Crippen molar-refractivity contribution in [3.8, 4) is 0 Å². The maximum absolute atomic E-state index is 13.4. The van der Waals surface area contributed by atoms with Crippen LogP contribution in [-0.4, -0.2) is 39.9 Å². The van der Waals surface area contributed by atoms with E-state index in [0.717, 1.165) is 11.3 Å². The molecule has 1 aromatic heterocycles. The first-order valence-electron chi connectivity index (χ1n) is 9.56. The van der Waals surface area contributed by atoms with E-state index < -0.39 is 21.0 Å². The van der Waals surface area contributed by atoms with Gasteiger partial charge in [0.25, 0.3) is 5.91 Å². The fourth-order valence-electron chi connectivity index (χ4n) is 3.06. The molecule has 0 fully saturated rings. The van der Waals surface area contributed by atoms with Crippen LogP contribution in [0.3, 0.4) is 0 Å². The second kappa shape index (κ2) is 9.09. The van der Waals surface area contributed by atoms with Crippen molar-refractivity contribution in [2.45, 2.75) is 17.1 Å². The molecule has 30 heavy (non-hydrogen) atoms. The van der Waals surface area contributed by atoms with Crippen LogP contribution in [0.4, 0.5) is 5.69 Å². The number of aryl methyl sites for hydroxylation is 1. The van der Waals surface area contributed by atoms with Gasteiger partial charge in [0.1, 0.15) is 10.9 Å². The van der Waals surface area contributed by atoms with E-state index >= 15 is 0 Å². The Kier molecular flexibility index (Phi) is 6.52. The summed E-state index contributed by atoms with van der Waals surface area (Å²) < 4.78 is 26.9. The van der Waals surface area contributed by atoms with Gasteiger partial charge in [0.05, 0.1) is 4.90 Å². The zero-order valence-corrected chi connectivity index (χ0v) is 18.1. The Labute approximate surface area is 177 Å². The number of benzene rings is 2. The third kappa shape index (κ3) is 4.86. The summed E-state index contributed by atoms with van der Waals surface area (Å²) in [5.41, 5.74) is 2.79. The summed E-state index contributed by atoms with van der Waals surface area (Å²) in [4.78, 5) is 18.6. The predicted octanol–water partition coefficient (Wildman–Crippen LogP) is 3.40. The van der Waals surface area contributed by atoms with Crippen molar-refractivity contribution in [3.05, 3.63) is 89.7 Å². The van der Waals surface area contributed by atoms with Crippen molar-refractivity contribution in [2.24, 2.45) is 0 Å². The maximum Gasteiger partial charge on any atom is 0.269 e. The molecule has 0 aliphatic carbocycles. The highest BCUT2D eigenvalue weighted by atomic mass is 32.2. The molecule has 1 atom stereocenters. The molecule has 3 rings (SSSR count). The first kappa shape index (κ1) is 21.5. The number of carbonyl (C=O) groups excluding carboxylic acids is 1. The van der Waals surface area contributed by atoms with E-state index in [2.05, 4.69) is 10.3 Å². The van der Waals surface area contributed by atoms with Gasteiger partial charge in [0.15, 0.2) is 9.84 Å². The van der Waals surface area contributed by atoms with Gasteiger partial charge in [-0.2, -0.15) is 0 Å². The predicted molar refractivity (Wildman–Crippen MR) is 118 cm³/mol. The molecule has 1 N–H and O–H groups in total. The minimum Gasteiger partial charge on any atom is -0.378 e. The van der Waals surface area contributed by atoms with Gasteiger partial charge in [-0.15, -0.1) is 0 Å². The van der Waals surface area contributed by atoms with Crippen molar-refractivity contribution in [3.63, 3.8) is 0 Å². The Balaban J connectivity index is 1.93. The molecule has 0 saturated carbocycles. The fourth-order valence-corrected chi connectivity index (χ4v) is 4.72. The van der Waals surface area contributed by atoms with E-state index in [-0.39, 0.29) is 17.1 Å². The summed E-state index contributed by atoms with van der Waals surface area (Å²) in [5.74, 6) is -0.412. The van der Waals surface area contributed by atoms with Crippen molar-refractivity contribution in [1.82, 2.24) is 10.3 Å². The largest absolute Gasteiger partial charge is 0.378 e. The van der Waals surface area contributed by atoms with Crippen molar-refractivity contribution >= 4 is 21.4 Å². The molecule has 7 heteroatoms. The number of rotatable bonds is 7. The van der Waals surface area contributed by atoms with E-state index in [1.54, 1.807) is 54.6 Å². The maximum atomic E-state index is 13.4. The summed E-state index contributed by atoms with van der Waals surface area (Å²) in [6.07, 6.45) is 1.52. The Morgan fingerprint density at radius 2 is 1.67 bits per heavy atom. The molecule has 1 amide bonds. The van der Waals surface area contributed by atoms with Gasteiger partial charge in [-0.3, -0.25) is 9.78 Å². The van der Waals surface area contributed by atoms with Crippen LogP contribution in [-0.2, 0) is 9.84 Å². The molecule has 0 bridgehead atoms. The highest BCUT2D eigenvalue weighted by molar-refractivity contribution is 7.91. The van der Waals surface area contributed by atoms with Crippen molar-refractivity contribution in [2.75, 3.05) is 25.5 Å². The summed E-state index contributed by atoms with van der Waals surface area (Å²) in [7, 11) is 0.108. The summed E-state index contributed by atoms with van der Waals surface area (Å²) in [6, 6.07) is 19.1. The molecule has 0 aliphatic rings. The number of aromatic nitrogens is 1. The van der Waals surface area contributed by atoms with Crippen LogP contribution in [0.1, 0.15) is 26.9 Å². The van der Waals surface area contributed by atoms with Gasteiger partial charge in [0.2, 0.25) is 0 Å². The fraction of sp³-hybridized carbons (Fsp3) is 0.217. The van der Waals surface area contributed by atoms with E-state index in [1.807, 2.05) is 38.1 Å². The molecule has 3 aromatic rings. The topological polar surface area (TPSA) is 79.4 Å². The van der Waals surface area contributed by atoms with Gasteiger partial charge in [0, 0.05) is 32.5 Å². The van der Waals surface area contributed by atoms with E-state index in [4.69, 9.17) is 0 Å². The third-order valence-corrected chi connectivity index (χ3v) is 6.97. The first-order valence-corrected chi connectivity index (χ1v) is 11.1. The molecule has 0 spiro atoms. The standard InChI is InChI=1S/C23H25N3O3S/c1-17-7-13-20(14-8-17)30(28,29)22(18-9-11-19(12-10-18)26(2)3)16-25-23(27)21-6-4-5-15-24-21/h4-15,22H,16H2,1-3H3,(H,25,27)/t22-/m0/s1. The molecule has 0 unspecified atom stereocenters. The minimum absolute atomic E-state index is 0.0626. The van der Waals surface area contributed by atoms with Crippen LogP contribution >= 0.6 is 0 Å². The Bertz CT molecular complexity index is 1090. The summed E-state index contributed by atoms with van der Waals surface area (Å²) in [5, 5.41) is 1.80. The van der Waals surface area contributed by atoms with Gasteiger partial charge < -0.3 is 10.2 Å². The molecule has 1 heterocycles. The van der Waals surface area contributed by atoms with Crippen LogP contribution in [0.15, 0.2) is 77.8 Å². The molecule has 0 radical (unpaired) electrons. The average molecular weight is 424 g/mol. The number of nitrogens with one attached hydrogen (secondary N) is 1. The number of nitrogens with zero attached hydrogens (tertiary/aromatic N) is 2. The van der Waals surface area contributed by atoms with Crippen LogP contribution < -0.4 is 10.2 Å². The SMILES string of the molecule is Cc1ccc(S(=O)(=O)[C@@H](CNC(=O)c2ccccn2)c2ccc(N(C)C)cc2)cc1. The van der Waals surface area contributed by atoms with Crippen LogP contribution in [0.5, 0.6) is 0 Å². The van der Waals surface area contributed by atoms with E-state index in [0.29, 0.717) is 5.56 Å². The van der Waals surface area contributed by atoms with Gasteiger partial charge in [-0.1, -0.05) is 35.9 Å². The summed E-state index contributed by atoms with van der Waals surface area (Å²) in [6.45, 7) is 1.84. The number of sulfone groups is 1. The van der Waals surface area contributed by atoms with Gasteiger partial charge in [-0.25, -0.2) is 8.42 Å². The van der Waals surface area contributed by atoms with Crippen molar-refractivity contribution < 1.29 is 13.2 Å². The minimum atomic E-state index is -3.73. The summed E-state index contributed by atoms with van der Waals surface area (Å²) >= 11 is 0. The Hall–Kier alpha value is -3.19. The number of carbonyl (C=O) groups is 1. The molecule has 2 aromatic carbocycles. The zero-order chi connectivity index (χ0) is 21.7. The molecule has 156 valence electrons. The lowest BCUT2D eigenvalue weighted by molar-refractivity contribution is 0.0948.